The molecule has 0 unspecified atom stereocenters. The minimum absolute atomic E-state index is 0.122. The number of rotatable bonds is 4. The second-order valence-corrected chi connectivity index (χ2v) is 7.12. The highest BCUT2D eigenvalue weighted by atomic mass is 35.5. The number of H-pyrrole nitrogens is 1. The highest BCUT2D eigenvalue weighted by Gasteiger charge is 2.15. The molecular weight excluding hydrogens is 334 g/mol. The Labute approximate surface area is 139 Å². The number of hydrogen-bond acceptors (Lipinski definition) is 3. The molecule has 0 atom stereocenters. The van der Waals surface area contributed by atoms with Crippen LogP contribution in [0.25, 0.3) is 11.4 Å². The fraction of sp³-hybridized carbons (Fsp3) is 0.0625. The lowest BCUT2D eigenvalue weighted by Crippen LogP contribution is -2.13. The van der Waals surface area contributed by atoms with Crippen LogP contribution in [-0.2, 0) is 10.0 Å². The van der Waals surface area contributed by atoms with Gasteiger partial charge in [0.25, 0.3) is 10.0 Å². The van der Waals surface area contributed by atoms with E-state index >= 15 is 0 Å². The molecular formula is C16H14ClN3O2S. The van der Waals surface area contributed by atoms with Crippen LogP contribution in [-0.4, -0.2) is 18.4 Å². The summed E-state index contributed by atoms with van der Waals surface area (Å²) in [7, 11) is -3.70. The quantitative estimate of drug-likeness (QED) is 0.753. The van der Waals surface area contributed by atoms with E-state index in [2.05, 4.69) is 14.7 Å². The van der Waals surface area contributed by atoms with Crippen molar-refractivity contribution in [3.05, 3.63) is 65.4 Å². The van der Waals surface area contributed by atoms with E-state index in [4.69, 9.17) is 11.6 Å². The minimum Gasteiger partial charge on any atom is -0.345 e. The molecule has 0 spiro atoms. The van der Waals surface area contributed by atoms with E-state index in [9.17, 15) is 8.42 Å². The molecule has 3 rings (SSSR count). The number of imidazole rings is 1. The van der Waals surface area contributed by atoms with Crippen LogP contribution in [0.2, 0.25) is 5.02 Å². The molecule has 0 aliphatic carbocycles. The number of sulfonamides is 1. The average Bonchev–Trinajstić information content (AvgIpc) is 3.04. The molecule has 0 saturated carbocycles. The number of aryl methyl sites for hydroxylation is 1. The van der Waals surface area contributed by atoms with Crippen LogP contribution >= 0.6 is 11.6 Å². The van der Waals surface area contributed by atoms with E-state index in [1.165, 1.54) is 12.1 Å². The topological polar surface area (TPSA) is 74.8 Å². The van der Waals surface area contributed by atoms with Crippen LogP contribution in [0.3, 0.4) is 0 Å². The van der Waals surface area contributed by atoms with E-state index in [0.29, 0.717) is 16.5 Å². The van der Waals surface area contributed by atoms with E-state index in [1.807, 2.05) is 13.0 Å². The molecule has 118 valence electrons. The molecule has 0 radical (unpaired) electrons. The maximum absolute atomic E-state index is 12.5. The van der Waals surface area contributed by atoms with Crippen molar-refractivity contribution in [2.24, 2.45) is 0 Å². The minimum atomic E-state index is -3.70. The Bertz CT molecular complexity index is 938. The Kier molecular flexibility index (Phi) is 4.11. The van der Waals surface area contributed by atoms with Gasteiger partial charge in [-0.15, -0.1) is 0 Å². The van der Waals surface area contributed by atoms with Gasteiger partial charge in [0.2, 0.25) is 0 Å². The van der Waals surface area contributed by atoms with Crippen molar-refractivity contribution in [2.45, 2.75) is 11.8 Å². The van der Waals surface area contributed by atoms with Crippen molar-refractivity contribution in [1.29, 1.82) is 0 Å². The Hall–Kier alpha value is -2.31. The van der Waals surface area contributed by atoms with Gasteiger partial charge in [0.1, 0.15) is 5.82 Å². The van der Waals surface area contributed by atoms with Gasteiger partial charge in [-0.25, -0.2) is 13.4 Å². The fourth-order valence-corrected chi connectivity index (χ4v) is 3.43. The summed E-state index contributed by atoms with van der Waals surface area (Å²) >= 11 is 6.01. The summed E-state index contributed by atoms with van der Waals surface area (Å²) in [5, 5.41) is 0.414. The Balaban J connectivity index is 1.91. The van der Waals surface area contributed by atoms with Crippen LogP contribution in [0, 0.1) is 6.92 Å². The normalized spacial score (nSPS) is 11.4. The molecule has 1 heterocycles. The number of aromatic amines is 1. The first kappa shape index (κ1) is 15.6. The fourth-order valence-electron chi connectivity index (χ4n) is 2.11. The van der Waals surface area contributed by atoms with Gasteiger partial charge in [0.15, 0.2) is 0 Å². The number of aromatic nitrogens is 2. The third-order valence-corrected chi connectivity index (χ3v) is 5.13. The molecule has 2 aromatic carbocycles. The molecule has 0 fully saturated rings. The largest absolute Gasteiger partial charge is 0.345 e. The van der Waals surface area contributed by atoms with Gasteiger partial charge < -0.3 is 4.98 Å². The van der Waals surface area contributed by atoms with E-state index in [0.717, 1.165) is 11.1 Å². The zero-order valence-electron chi connectivity index (χ0n) is 12.2. The molecule has 0 bridgehead atoms. The summed E-state index contributed by atoms with van der Waals surface area (Å²) < 4.78 is 27.5. The van der Waals surface area contributed by atoms with Crippen molar-refractivity contribution in [2.75, 3.05) is 4.72 Å². The zero-order valence-corrected chi connectivity index (χ0v) is 13.8. The standard InChI is InChI=1S/C16H14ClN3O2S/c1-11-5-6-14(10-15(11)17)23(21,22)20-13-4-2-3-12(9-13)16-18-7-8-19-16/h2-10,20H,1H3,(H,18,19). The summed E-state index contributed by atoms with van der Waals surface area (Å²) in [6.07, 6.45) is 3.35. The first-order valence-corrected chi connectivity index (χ1v) is 8.70. The van der Waals surface area contributed by atoms with Crippen LogP contribution < -0.4 is 4.72 Å². The first-order valence-electron chi connectivity index (χ1n) is 6.84. The SMILES string of the molecule is Cc1ccc(S(=O)(=O)Nc2cccc(-c3ncc[nH]3)c2)cc1Cl. The molecule has 0 aliphatic rings. The van der Waals surface area contributed by atoms with Crippen molar-refractivity contribution in [3.8, 4) is 11.4 Å². The third kappa shape index (κ3) is 3.38. The molecule has 0 aliphatic heterocycles. The predicted molar refractivity (Wildman–Crippen MR) is 91.0 cm³/mol. The molecule has 23 heavy (non-hydrogen) atoms. The molecule has 7 heteroatoms. The second-order valence-electron chi connectivity index (χ2n) is 5.04. The zero-order chi connectivity index (χ0) is 16.4. The van der Waals surface area contributed by atoms with Crippen molar-refractivity contribution in [3.63, 3.8) is 0 Å². The van der Waals surface area contributed by atoms with Gasteiger partial charge in [0, 0.05) is 28.7 Å². The maximum atomic E-state index is 12.5. The van der Waals surface area contributed by atoms with Gasteiger partial charge in [-0.05, 0) is 36.8 Å². The highest BCUT2D eigenvalue weighted by molar-refractivity contribution is 7.92. The van der Waals surface area contributed by atoms with E-state index in [1.54, 1.807) is 36.7 Å². The molecule has 0 saturated heterocycles. The summed E-state index contributed by atoms with van der Waals surface area (Å²) in [5.74, 6) is 0.671. The first-order chi connectivity index (χ1) is 11.0. The number of benzene rings is 2. The van der Waals surface area contributed by atoms with Gasteiger partial charge >= 0.3 is 0 Å². The maximum Gasteiger partial charge on any atom is 0.261 e. The van der Waals surface area contributed by atoms with Crippen LogP contribution in [0.1, 0.15) is 5.56 Å². The van der Waals surface area contributed by atoms with Crippen molar-refractivity contribution < 1.29 is 8.42 Å². The van der Waals surface area contributed by atoms with Gasteiger partial charge in [-0.1, -0.05) is 29.8 Å². The molecule has 5 nitrogen and oxygen atoms in total. The molecule has 2 N–H and O–H groups in total. The average molecular weight is 348 g/mol. The summed E-state index contributed by atoms with van der Waals surface area (Å²) in [4.78, 5) is 7.26. The molecule has 0 amide bonds. The predicted octanol–water partition coefficient (Wildman–Crippen LogP) is 3.84. The number of nitrogens with one attached hydrogen (secondary N) is 2. The second kappa shape index (κ2) is 6.06. The van der Waals surface area contributed by atoms with Gasteiger partial charge in [-0.2, -0.15) is 0 Å². The summed E-state index contributed by atoms with van der Waals surface area (Å²) in [6.45, 7) is 1.82. The smallest absolute Gasteiger partial charge is 0.261 e. The van der Waals surface area contributed by atoms with Crippen LogP contribution in [0.15, 0.2) is 59.8 Å². The van der Waals surface area contributed by atoms with E-state index in [-0.39, 0.29) is 4.90 Å². The van der Waals surface area contributed by atoms with Crippen molar-refractivity contribution >= 4 is 27.3 Å². The van der Waals surface area contributed by atoms with E-state index < -0.39 is 10.0 Å². The lowest BCUT2D eigenvalue weighted by molar-refractivity contribution is 0.601. The highest BCUT2D eigenvalue weighted by Crippen LogP contribution is 2.24. The lowest BCUT2D eigenvalue weighted by Gasteiger charge is -2.10. The number of nitrogens with zero attached hydrogens (tertiary/aromatic N) is 1. The molecule has 3 aromatic rings. The van der Waals surface area contributed by atoms with Crippen LogP contribution in [0.4, 0.5) is 5.69 Å². The number of hydrogen-bond donors (Lipinski definition) is 2. The van der Waals surface area contributed by atoms with Crippen LogP contribution in [0.5, 0.6) is 0 Å². The summed E-state index contributed by atoms with van der Waals surface area (Å²) in [6, 6.07) is 11.6. The van der Waals surface area contributed by atoms with Crippen molar-refractivity contribution in [1.82, 2.24) is 9.97 Å². The summed E-state index contributed by atoms with van der Waals surface area (Å²) in [5.41, 5.74) is 2.07. The monoisotopic (exact) mass is 347 g/mol. The lowest BCUT2D eigenvalue weighted by atomic mass is 10.2. The molecule has 1 aromatic heterocycles. The Morgan fingerprint density at radius 3 is 2.70 bits per heavy atom. The Morgan fingerprint density at radius 2 is 2.00 bits per heavy atom. The number of anilines is 1. The third-order valence-electron chi connectivity index (χ3n) is 3.34. The Morgan fingerprint density at radius 1 is 1.17 bits per heavy atom. The van der Waals surface area contributed by atoms with Gasteiger partial charge in [0.05, 0.1) is 4.90 Å². The number of halogens is 1. The van der Waals surface area contributed by atoms with Gasteiger partial charge in [-0.3, -0.25) is 4.72 Å².